The average Bonchev–Trinajstić information content (AvgIpc) is 1.90. The molecule has 0 fully saturated rings. The smallest absolute Gasteiger partial charge is 0.0428 e. The van der Waals surface area contributed by atoms with E-state index in [0.717, 1.165) is 6.42 Å². The van der Waals surface area contributed by atoms with Crippen LogP contribution in [0.25, 0.3) is 0 Å². The molecule has 0 spiro atoms. The van der Waals surface area contributed by atoms with Crippen molar-refractivity contribution in [1.29, 1.82) is 0 Å². The predicted molar refractivity (Wildman–Crippen MR) is 34.0 cm³/mol. The highest BCUT2D eigenvalue weighted by molar-refractivity contribution is 5.12. The topological polar surface area (TPSA) is 38.0 Å². The zero-order chi connectivity index (χ0) is 5.82. The molecule has 2 heteroatoms. The Kier molecular flexibility index (Phi) is 1.83. The summed E-state index contributed by atoms with van der Waals surface area (Å²) in [5.41, 5.74) is 2.67. The second-order valence-corrected chi connectivity index (χ2v) is 1.82. The fourth-order valence-corrected chi connectivity index (χ4v) is 0.704. The van der Waals surface area contributed by atoms with Gasteiger partial charge in [0.2, 0.25) is 0 Å². The first-order valence-electron chi connectivity index (χ1n) is 2.73. The van der Waals surface area contributed by atoms with Crippen molar-refractivity contribution in [3.8, 4) is 0 Å². The lowest BCUT2D eigenvalue weighted by molar-refractivity contribution is 0.623. The molecule has 3 N–H and O–H groups in total. The number of hydrogen-bond donors (Lipinski definition) is 2. The lowest BCUT2D eigenvalue weighted by atomic mass is 10.1. The Morgan fingerprint density at radius 2 is 2.38 bits per heavy atom. The summed E-state index contributed by atoms with van der Waals surface area (Å²) in [6.07, 6.45) is 9.15. The van der Waals surface area contributed by atoms with E-state index in [9.17, 15) is 0 Å². The van der Waals surface area contributed by atoms with E-state index in [1.807, 2.05) is 18.2 Å². The zero-order valence-corrected chi connectivity index (χ0v) is 4.67. The molecule has 0 heterocycles. The van der Waals surface area contributed by atoms with Crippen molar-refractivity contribution in [1.82, 2.24) is 5.43 Å². The molecule has 0 aromatic rings. The van der Waals surface area contributed by atoms with Crippen LogP contribution >= 0.6 is 0 Å². The summed E-state index contributed by atoms with van der Waals surface area (Å²) < 4.78 is 0. The Labute approximate surface area is 49.0 Å². The number of allylic oxidation sites excluding steroid dienone is 2. The minimum atomic E-state index is 0.347. The van der Waals surface area contributed by atoms with E-state index >= 15 is 0 Å². The molecule has 0 aliphatic heterocycles. The van der Waals surface area contributed by atoms with E-state index in [4.69, 9.17) is 5.84 Å². The molecule has 1 aliphatic carbocycles. The maximum absolute atomic E-state index is 5.17. The molecule has 1 atom stereocenters. The Balaban J connectivity index is 2.40. The van der Waals surface area contributed by atoms with Crippen LogP contribution in [0.5, 0.6) is 0 Å². The maximum atomic E-state index is 5.17. The van der Waals surface area contributed by atoms with E-state index in [0.29, 0.717) is 6.04 Å². The van der Waals surface area contributed by atoms with Gasteiger partial charge >= 0.3 is 0 Å². The standard InChI is InChI=1S/C6H10N2/c7-8-6-4-2-1-3-5-6/h1-4,6,8H,5,7H2. The number of hydrazine groups is 1. The van der Waals surface area contributed by atoms with E-state index in [-0.39, 0.29) is 0 Å². The summed E-state index contributed by atoms with van der Waals surface area (Å²) >= 11 is 0. The van der Waals surface area contributed by atoms with Crippen LogP contribution in [0, 0.1) is 0 Å². The molecular weight excluding hydrogens is 100 g/mol. The van der Waals surface area contributed by atoms with E-state index < -0.39 is 0 Å². The van der Waals surface area contributed by atoms with Crippen molar-refractivity contribution < 1.29 is 0 Å². The van der Waals surface area contributed by atoms with Crippen LogP contribution < -0.4 is 11.3 Å². The molecule has 0 aromatic carbocycles. The monoisotopic (exact) mass is 110 g/mol. The van der Waals surface area contributed by atoms with Crippen LogP contribution in [0.1, 0.15) is 6.42 Å². The largest absolute Gasteiger partial charge is 0.271 e. The fourth-order valence-electron chi connectivity index (χ4n) is 0.704. The second kappa shape index (κ2) is 2.64. The van der Waals surface area contributed by atoms with Gasteiger partial charge in [-0.2, -0.15) is 0 Å². The first-order valence-corrected chi connectivity index (χ1v) is 2.73. The van der Waals surface area contributed by atoms with Crippen LogP contribution in [0.3, 0.4) is 0 Å². The summed E-state index contributed by atoms with van der Waals surface area (Å²) in [7, 11) is 0. The highest BCUT2D eigenvalue weighted by atomic mass is 15.2. The molecule has 0 saturated heterocycles. The third kappa shape index (κ3) is 1.18. The van der Waals surface area contributed by atoms with Crippen molar-refractivity contribution in [2.45, 2.75) is 12.5 Å². The average molecular weight is 110 g/mol. The van der Waals surface area contributed by atoms with Gasteiger partial charge in [0, 0.05) is 6.04 Å². The molecule has 1 unspecified atom stereocenters. The highest BCUT2D eigenvalue weighted by Crippen LogP contribution is 1.99. The van der Waals surface area contributed by atoms with Crippen molar-refractivity contribution in [2.75, 3.05) is 0 Å². The Bertz CT molecular complexity index is 116. The SMILES string of the molecule is NNC1C=CC=CC1. The third-order valence-corrected chi connectivity index (χ3v) is 1.19. The lowest BCUT2D eigenvalue weighted by Gasteiger charge is -2.09. The Morgan fingerprint density at radius 3 is 2.75 bits per heavy atom. The third-order valence-electron chi connectivity index (χ3n) is 1.19. The molecule has 1 rings (SSSR count). The zero-order valence-electron chi connectivity index (χ0n) is 4.67. The normalized spacial score (nSPS) is 26.4. The highest BCUT2D eigenvalue weighted by Gasteiger charge is 1.98. The molecule has 2 nitrogen and oxygen atoms in total. The van der Waals surface area contributed by atoms with Gasteiger partial charge in [-0.15, -0.1) is 0 Å². The molecule has 44 valence electrons. The first kappa shape index (κ1) is 5.54. The van der Waals surface area contributed by atoms with Gasteiger partial charge in [-0.1, -0.05) is 24.3 Å². The summed E-state index contributed by atoms with van der Waals surface area (Å²) in [5, 5.41) is 0. The van der Waals surface area contributed by atoms with Crippen molar-refractivity contribution in [3.05, 3.63) is 24.3 Å². The minimum absolute atomic E-state index is 0.347. The van der Waals surface area contributed by atoms with Gasteiger partial charge in [-0.05, 0) is 6.42 Å². The van der Waals surface area contributed by atoms with Gasteiger partial charge in [0.05, 0.1) is 0 Å². The number of rotatable bonds is 1. The number of hydrogen-bond acceptors (Lipinski definition) is 2. The molecule has 0 saturated carbocycles. The molecule has 0 aromatic heterocycles. The van der Waals surface area contributed by atoms with E-state index in [2.05, 4.69) is 11.5 Å². The maximum Gasteiger partial charge on any atom is 0.0428 e. The molecule has 8 heavy (non-hydrogen) atoms. The fraction of sp³-hybridized carbons (Fsp3) is 0.333. The van der Waals surface area contributed by atoms with Gasteiger partial charge in [0.1, 0.15) is 0 Å². The van der Waals surface area contributed by atoms with Gasteiger partial charge in [-0.25, -0.2) is 0 Å². The van der Waals surface area contributed by atoms with Crippen LogP contribution in [0.2, 0.25) is 0 Å². The van der Waals surface area contributed by atoms with Crippen LogP contribution in [-0.4, -0.2) is 6.04 Å². The van der Waals surface area contributed by atoms with Gasteiger partial charge in [-0.3, -0.25) is 11.3 Å². The number of nitrogens with one attached hydrogen (secondary N) is 1. The summed E-state index contributed by atoms with van der Waals surface area (Å²) in [4.78, 5) is 0. The Hall–Kier alpha value is -0.600. The van der Waals surface area contributed by atoms with Crippen molar-refractivity contribution in [3.63, 3.8) is 0 Å². The van der Waals surface area contributed by atoms with E-state index in [1.54, 1.807) is 0 Å². The van der Waals surface area contributed by atoms with Crippen molar-refractivity contribution >= 4 is 0 Å². The van der Waals surface area contributed by atoms with E-state index in [1.165, 1.54) is 0 Å². The number of nitrogens with two attached hydrogens (primary N) is 1. The first-order chi connectivity index (χ1) is 3.93. The van der Waals surface area contributed by atoms with Crippen molar-refractivity contribution in [2.24, 2.45) is 5.84 Å². The molecule has 1 aliphatic rings. The molecule has 0 bridgehead atoms. The molecule has 0 radical (unpaired) electrons. The van der Waals surface area contributed by atoms with Crippen LogP contribution in [0.15, 0.2) is 24.3 Å². The van der Waals surface area contributed by atoms with Crippen LogP contribution in [-0.2, 0) is 0 Å². The quantitative estimate of drug-likeness (QED) is 0.377. The minimum Gasteiger partial charge on any atom is -0.271 e. The summed E-state index contributed by atoms with van der Waals surface area (Å²) in [5.74, 6) is 5.17. The molecular formula is C6H10N2. The summed E-state index contributed by atoms with van der Waals surface area (Å²) in [6, 6.07) is 0.347. The lowest BCUT2D eigenvalue weighted by Crippen LogP contribution is -2.33. The molecule has 0 amide bonds. The van der Waals surface area contributed by atoms with Gasteiger partial charge in [0.15, 0.2) is 0 Å². The Morgan fingerprint density at radius 1 is 1.50 bits per heavy atom. The summed E-state index contributed by atoms with van der Waals surface area (Å²) in [6.45, 7) is 0. The van der Waals surface area contributed by atoms with Gasteiger partial charge in [0.25, 0.3) is 0 Å². The predicted octanol–water partition coefficient (Wildman–Crippen LogP) is 0.334. The van der Waals surface area contributed by atoms with Gasteiger partial charge < -0.3 is 0 Å². The van der Waals surface area contributed by atoms with Crippen LogP contribution in [0.4, 0.5) is 0 Å². The second-order valence-electron chi connectivity index (χ2n) is 1.82.